The van der Waals surface area contributed by atoms with E-state index >= 15 is 0 Å². The van der Waals surface area contributed by atoms with Crippen molar-refractivity contribution in [2.24, 2.45) is 11.3 Å². The molecule has 0 bridgehead atoms. The molecular weight excluding hydrogens is 248 g/mol. The van der Waals surface area contributed by atoms with Crippen LogP contribution in [0.2, 0.25) is 0 Å². The van der Waals surface area contributed by atoms with Crippen molar-refractivity contribution in [2.45, 2.75) is 26.7 Å². The lowest BCUT2D eigenvalue weighted by molar-refractivity contribution is -0.118. The number of carbonyl (C=O) groups excluding carboxylic acids is 1. The molecule has 1 aliphatic carbocycles. The van der Waals surface area contributed by atoms with Crippen LogP contribution in [0.1, 0.15) is 31.6 Å². The Morgan fingerprint density at radius 3 is 3.06 bits per heavy atom. The summed E-state index contributed by atoms with van der Waals surface area (Å²) in [5.41, 5.74) is 0.130. The molecule has 18 heavy (non-hydrogen) atoms. The lowest BCUT2D eigenvalue weighted by Crippen LogP contribution is -2.16. The zero-order valence-corrected chi connectivity index (χ0v) is 11.3. The van der Waals surface area contributed by atoms with Crippen LogP contribution in [0, 0.1) is 23.2 Å². The highest BCUT2D eigenvalue weighted by Crippen LogP contribution is 2.52. The van der Waals surface area contributed by atoms with Gasteiger partial charge in [0.25, 0.3) is 0 Å². The van der Waals surface area contributed by atoms with Crippen molar-refractivity contribution < 1.29 is 9.90 Å². The van der Waals surface area contributed by atoms with E-state index in [0.717, 1.165) is 11.3 Å². The maximum atomic E-state index is 11.8. The first kappa shape index (κ1) is 13.1. The maximum absolute atomic E-state index is 11.8. The number of rotatable bonds is 3. The topological polar surface area (TPSA) is 62.2 Å². The van der Waals surface area contributed by atoms with Crippen LogP contribution in [-0.4, -0.2) is 22.6 Å². The number of nitrogens with one attached hydrogen (secondary N) is 1. The van der Waals surface area contributed by atoms with E-state index in [4.69, 9.17) is 5.11 Å². The number of amides is 1. The normalized spacial score (nSPS) is 19.8. The molecule has 1 fully saturated rings. The molecule has 4 nitrogen and oxygen atoms in total. The lowest BCUT2D eigenvalue weighted by atomic mass is 10.1. The molecule has 0 spiro atoms. The minimum absolute atomic E-state index is 0.0456. The number of aromatic nitrogens is 1. The number of hydrogen-bond acceptors (Lipinski definition) is 4. The van der Waals surface area contributed by atoms with Crippen LogP contribution in [-0.2, 0) is 4.79 Å². The zero-order chi connectivity index (χ0) is 13.2. The molecule has 5 heteroatoms. The van der Waals surface area contributed by atoms with Crippen molar-refractivity contribution >= 4 is 22.4 Å². The SMILES string of the molecule is CC1(C)CC1C(=O)Nc1ncc(C#CCCO)s1. The average Bonchev–Trinajstić information content (AvgIpc) is 2.73. The molecule has 1 aromatic rings. The summed E-state index contributed by atoms with van der Waals surface area (Å²) < 4.78 is 0. The zero-order valence-electron chi connectivity index (χ0n) is 10.5. The van der Waals surface area contributed by atoms with Gasteiger partial charge in [-0.25, -0.2) is 4.98 Å². The smallest absolute Gasteiger partial charge is 0.229 e. The molecule has 0 aromatic carbocycles. The molecular formula is C13H16N2O2S. The monoisotopic (exact) mass is 264 g/mol. The molecule has 0 saturated heterocycles. The van der Waals surface area contributed by atoms with Crippen molar-refractivity contribution in [1.29, 1.82) is 0 Å². The summed E-state index contributed by atoms with van der Waals surface area (Å²) in [6, 6.07) is 0. The summed E-state index contributed by atoms with van der Waals surface area (Å²) in [7, 11) is 0. The van der Waals surface area contributed by atoms with Crippen molar-refractivity contribution in [3.05, 3.63) is 11.1 Å². The van der Waals surface area contributed by atoms with Gasteiger partial charge in [-0.15, -0.1) is 0 Å². The van der Waals surface area contributed by atoms with Gasteiger partial charge in [0.2, 0.25) is 5.91 Å². The quantitative estimate of drug-likeness (QED) is 0.819. The molecule has 1 amide bonds. The van der Waals surface area contributed by atoms with Crippen LogP contribution in [0.4, 0.5) is 5.13 Å². The van der Waals surface area contributed by atoms with Gasteiger partial charge in [0.15, 0.2) is 5.13 Å². The first-order valence-corrected chi connectivity index (χ1v) is 6.71. The highest BCUT2D eigenvalue weighted by atomic mass is 32.1. The number of aliphatic hydroxyl groups is 1. The van der Waals surface area contributed by atoms with Gasteiger partial charge in [-0.1, -0.05) is 37.0 Å². The van der Waals surface area contributed by atoms with Crippen molar-refractivity contribution in [2.75, 3.05) is 11.9 Å². The van der Waals surface area contributed by atoms with Gasteiger partial charge in [-0.2, -0.15) is 0 Å². The molecule has 0 radical (unpaired) electrons. The first-order chi connectivity index (χ1) is 8.53. The van der Waals surface area contributed by atoms with Gasteiger partial charge < -0.3 is 10.4 Å². The maximum Gasteiger partial charge on any atom is 0.229 e. The summed E-state index contributed by atoms with van der Waals surface area (Å²) in [5.74, 6) is 5.87. The van der Waals surface area contributed by atoms with E-state index in [-0.39, 0.29) is 23.8 Å². The molecule has 1 saturated carbocycles. The fourth-order valence-electron chi connectivity index (χ4n) is 1.70. The summed E-state index contributed by atoms with van der Waals surface area (Å²) in [6.45, 7) is 4.24. The number of aliphatic hydroxyl groups excluding tert-OH is 1. The Labute approximate surface area is 110 Å². The van der Waals surface area contributed by atoms with Crippen molar-refractivity contribution in [3.63, 3.8) is 0 Å². The first-order valence-electron chi connectivity index (χ1n) is 5.89. The van der Waals surface area contributed by atoms with Crippen LogP contribution in [0.15, 0.2) is 6.20 Å². The molecule has 1 aromatic heterocycles. The molecule has 2 N–H and O–H groups in total. The Bertz CT molecular complexity index is 511. The van der Waals surface area contributed by atoms with E-state index in [0.29, 0.717) is 11.6 Å². The van der Waals surface area contributed by atoms with Gasteiger partial charge in [0.1, 0.15) is 0 Å². The Balaban J connectivity index is 1.91. The van der Waals surface area contributed by atoms with E-state index in [1.807, 2.05) is 0 Å². The highest BCUT2D eigenvalue weighted by molar-refractivity contribution is 7.16. The minimum atomic E-state index is 0.0456. The third kappa shape index (κ3) is 3.09. The fraction of sp³-hybridized carbons (Fsp3) is 0.538. The molecule has 96 valence electrons. The van der Waals surface area contributed by atoms with E-state index in [1.54, 1.807) is 6.20 Å². The second-order valence-electron chi connectivity index (χ2n) is 5.04. The van der Waals surface area contributed by atoms with Gasteiger partial charge in [-0.3, -0.25) is 4.79 Å². The predicted octanol–water partition coefficient (Wildman–Crippen LogP) is 1.86. The van der Waals surface area contributed by atoms with Gasteiger partial charge in [-0.05, 0) is 11.8 Å². The minimum Gasteiger partial charge on any atom is -0.395 e. The summed E-state index contributed by atoms with van der Waals surface area (Å²) in [6.07, 6.45) is 3.03. The van der Waals surface area contributed by atoms with E-state index in [9.17, 15) is 4.79 Å². The largest absolute Gasteiger partial charge is 0.395 e. The fourth-order valence-corrected chi connectivity index (χ4v) is 2.40. The van der Waals surface area contributed by atoms with Crippen LogP contribution in [0.3, 0.4) is 0 Å². The molecule has 0 aliphatic heterocycles. The highest BCUT2D eigenvalue weighted by Gasteiger charge is 2.50. The Hall–Kier alpha value is -1.38. The number of thiazole rings is 1. The predicted molar refractivity (Wildman–Crippen MR) is 71.2 cm³/mol. The summed E-state index contributed by atoms with van der Waals surface area (Å²) >= 11 is 1.36. The summed E-state index contributed by atoms with van der Waals surface area (Å²) in [5, 5.41) is 12.0. The van der Waals surface area contributed by atoms with E-state index in [2.05, 4.69) is 36.0 Å². The number of carbonyl (C=O) groups is 1. The van der Waals surface area contributed by atoms with Crippen LogP contribution in [0.25, 0.3) is 0 Å². The van der Waals surface area contributed by atoms with Crippen molar-refractivity contribution in [3.8, 4) is 11.8 Å². The Morgan fingerprint density at radius 2 is 2.44 bits per heavy atom. The molecule has 1 aliphatic rings. The Kier molecular flexibility index (Phi) is 3.69. The molecule has 1 heterocycles. The van der Waals surface area contributed by atoms with Gasteiger partial charge in [0, 0.05) is 12.3 Å². The van der Waals surface area contributed by atoms with Crippen molar-refractivity contribution in [1.82, 2.24) is 4.98 Å². The number of anilines is 1. The lowest BCUT2D eigenvalue weighted by Gasteiger charge is -2.02. The van der Waals surface area contributed by atoms with Crippen LogP contribution in [0.5, 0.6) is 0 Å². The standard InChI is InChI=1S/C13H16N2O2S/c1-13(2)7-10(13)11(17)15-12-14-8-9(18-12)5-3-4-6-16/h8,10,16H,4,6-7H2,1-2H3,(H,14,15,17). The van der Waals surface area contributed by atoms with E-state index in [1.165, 1.54) is 11.3 Å². The van der Waals surface area contributed by atoms with Crippen LogP contribution >= 0.6 is 11.3 Å². The number of nitrogens with zero attached hydrogens (tertiary/aromatic N) is 1. The second kappa shape index (κ2) is 5.09. The third-order valence-corrected chi connectivity index (χ3v) is 3.84. The van der Waals surface area contributed by atoms with Crippen LogP contribution < -0.4 is 5.32 Å². The summed E-state index contributed by atoms with van der Waals surface area (Å²) in [4.78, 5) is 16.8. The second-order valence-corrected chi connectivity index (χ2v) is 6.07. The molecule has 1 atom stereocenters. The molecule has 2 rings (SSSR count). The average molecular weight is 264 g/mol. The number of hydrogen-bond donors (Lipinski definition) is 2. The van der Waals surface area contributed by atoms with Gasteiger partial charge >= 0.3 is 0 Å². The molecule has 1 unspecified atom stereocenters. The van der Waals surface area contributed by atoms with Gasteiger partial charge in [0.05, 0.1) is 17.7 Å². The Morgan fingerprint density at radius 1 is 1.72 bits per heavy atom. The van der Waals surface area contributed by atoms with E-state index < -0.39 is 0 Å². The third-order valence-electron chi connectivity index (χ3n) is 3.01.